The van der Waals surface area contributed by atoms with E-state index in [4.69, 9.17) is 0 Å². The van der Waals surface area contributed by atoms with Crippen molar-refractivity contribution in [1.29, 1.82) is 0 Å². The molecular weight excluding hydrogens is 369 g/mol. The zero-order valence-corrected chi connectivity index (χ0v) is 16.0. The molecule has 0 aliphatic carbocycles. The first-order valence-electron chi connectivity index (χ1n) is 7.65. The molecular formula is C16H23Cl2N3O2S. The third-order valence-corrected chi connectivity index (χ3v) is 6.19. The Kier molecular flexibility index (Phi) is 7.89. The van der Waals surface area contributed by atoms with Gasteiger partial charge in [-0.1, -0.05) is 6.07 Å². The van der Waals surface area contributed by atoms with Crippen molar-refractivity contribution in [3.8, 4) is 0 Å². The molecule has 1 aromatic carbocycles. The molecule has 1 N–H and O–H groups in total. The highest BCUT2D eigenvalue weighted by Crippen LogP contribution is 2.24. The molecule has 1 aliphatic heterocycles. The molecule has 1 aliphatic rings. The summed E-state index contributed by atoms with van der Waals surface area (Å²) in [5, 5.41) is 5.18. The minimum Gasteiger partial charge on any atom is -0.317 e. The van der Waals surface area contributed by atoms with Crippen molar-refractivity contribution in [2.75, 3.05) is 19.6 Å². The smallest absolute Gasteiger partial charge is 0.243 e. The van der Waals surface area contributed by atoms with Crippen LogP contribution < -0.4 is 5.32 Å². The Bertz CT molecular complexity index is 771. The second kappa shape index (κ2) is 8.97. The summed E-state index contributed by atoms with van der Waals surface area (Å²) in [5.74, 6) is 0. The molecule has 0 radical (unpaired) electrons. The van der Waals surface area contributed by atoms with E-state index in [0.717, 1.165) is 36.7 Å². The van der Waals surface area contributed by atoms with Gasteiger partial charge in [-0.05, 0) is 56.4 Å². The highest BCUT2D eigenvalue weighted by atomic mass is 35.5. The van der Waals surface area contributed by atoms with Crippen molar-refractivity contribution in [2.24, 2.45) is 0 Å². The summed E-state index contributed by atoms with van der Waals surface area (Å²) in [7, 11) is -3.46. The van der Waals surface area contributed by atoms with Gasteiger partial charge in [0.05, 0.1) is 4.90 Å². The summed E-state index contributed by atoms with van der Waals surface area (Å²) >= 11 is 0. The van der Waals surface area contributed by atoms with Gasteiger partial charge in [-0.15, -0.1) is 24.8 Å². The predicted molar refractivity (Wildman–Crippen MR) is 102 cm³/mol. The molecule has 0 saturated carbocycles. The summed E-state index contributed by atoms with van der Waals surface area (Å²) in [6, 6.07) is 7.10. The van der Waals surface area contributed by atoms with Crippen LogP contribution in [-0.2, 0) is 10.0 Å². The number of sulfonamides is 1. The molecule has 1 saturated heterocycles. The fraction of sp³-hybridized carbons (Fsp3) is 0.438. The van der Waals surface area contributed by atoms with Crippen LogP contribution in [0.1, 0.15) is 19.8 Å². The topological polar surface area (TPSA) is 62.3 Å². The van der Waals surface area contributed by atoms with E-state index < -0.39 is 10.0 Å². The minimum absolute atomic E-state index is 0. The number of hydrogen-bond donors (Lipinski definition) is 1. The number of nitrogens with zero attached hydrogens (tertiary/aromatic N) is 2. The van der Waals surface area contributed by atoms with Gasteiger partial charge < -0.3 is 5.32 Å². The Morgan fingerprint density at radius 3 is 2.75 bits per heavy atom. The molecule has 2 aromatic rings. The van der Waals surface area contributed by atoms with E-state index in [0.29, 0.717) is 11.4 Å². The number of nitrogens with one attached hydrogen (secondary N) is 1. The highest BCUT2D eigenvalue weighted by Gasteiger charge is 2.29. The van der Waals surface area contributed by atoms with Crippen LogP contribution in [0.15, 0.2) is 41.6 Å². The molecule has 8 heteroatoms. The van der Waals surface area contributed by atoms with Crippen LogP contribution in [0.25, 0.3) is 10.8 Å². The molecule has 0 amide bonds. The summed E-state index contributed by atoms with van der Waals surface area (Å²) in [5.41, 5.74) is 0. The Labute approximate surface area is 155 Å². The van der Waals surface area contributed by atoms with Gasteiger partial charge in [0.1, 0.15) is 0 Å². The van der Waals surface area contributed by atoms with Gasteiger partial charge in [0.15, 0.2) is 0 Å². The molecule has 1 aromatic heterocycles. The number of benzene rings is 1. The Morgan fingerprint density at radius 2 is 1.96 bits per heavy atom. The third-order valence-electron chi connectivity index (χ3n) is 4.18. The molecule has 1 atom stereocenters. The van der Waals surface area contributed by atoms with E-state index in [1.807, 2.05) is 19.1 Å². The van der Waals surface area contributed by atoms with Gasteiger partial charge >= 0.3 is 0 Å². The lowest BCUT2D eigenvalue weighted by Gasteiger charge is -2.30. The molecule has 3 rings (SSSR count). The summed E-state index contributed by atoms with van der Waals surface area (Å²) in [4.78, 5) is 4.43. The number of rotatable bonds is 2. The van der Waals surface area contributed by atoms with Crippen LogP contribution >= 0.6 is 24.8 Å². The minimum atomic E-state index is -3.46. The van der Waals surface area contributed by atoms with Gasteiger partial charge in [0.25, 0.3) is 0 Å². The average molecular weight is 392 g/mol. The average Bonchev–Trinajstić information content (AvgIpc) is 2.50. The number of hydrogen-bond acceptors (Lipinski definition) is 4. The largest absolute Gasteiger partial charge is 0.317 e. The number of halogens is 2. The van der Waals surface area contributed by atoms with Gasteiger partial charge in [0.2, 0.25) is 10.0 Å². The number of aromatic nitrogens is 1. The molecule has 2 heterocycles. The normalized spacial score (nSPS) is 19.6. The van der Waals surface area contributed by atoms with Crippen LogP contribution in [0.5, 0.6) is 0 Å². The van der Waals surface area contributed by atoms with E-state index >= 15 is 0 Å². The van der Waals surface area contributed by atoms with E-state index in [-0.39, 0.29) is 30.9 Å². The van der Waals surface area contributed by atoms with Crippen molar-refractivity contribution in [2.45, 2.75) is 30.7 Å². The van der Waals surface area contributed by atoms with Crippen LogP contribution in [0.3, 0.4) is 0 Å². The van der Waals surface area contributed by atoms with Gasteiger partial charge in [-0.2, -0.15) is 4.31 Å². The summed E-state index contributed by atoms with van der Waals surface area (Å²) in [6.07, 6.45) is 5.09. The lowest BCUT2D eigenvalue weighted by Crippen LogP contribution is -2.43. The van der Waals surface area contributed by atoms with Gasteiger partial charge in [-0.3, -0.25) is 4.98 Å². The lowest BCUT2D eigenvalue weighted by atomic mass is 10.2. The molecule has 24 heavy (non-hydrogen) atoms. The van der Waals surface area contributed by atoms with Crippen molar-refractivity contribution >= 4 is 45.6 Å². The first-order chi connectivity index (χ1) is 10.6. The Morgan fingerprint density at radius 1 is 1.17 bits per heavy atom. The van der Waals surface area contributed by atoms with Crippen molar-refractivity contribution in [1.82, 2.24) is 14.6 Å². The summed E-state index contributed by atoms with van der Waals surface area (Å²) < 4.78 is 27.6. The molecule has 134 valence electrons. The standard InChI is InChI=1S/C16H21N3O2S.2ClH/c1-13-5-8-17-7-2-10-19(13)22(20,21)16-4-3-15-12-18-9-6-14(15)11-16;;/h3-4,6,9,11-13,17H,2,5,7-8,10H2,1H3;2*1H/t13-;;/m1../s1. The van der Waals surface area contributed by atoms with E-state index in [2.05, 4.69) is 10.3 Å². The van der Waals surface area contributed by atoms with Crippen molar-refractivity contribution in [3.05, 3.63) is 36.7 Å². The molecule has 0 bridgehead atoms. The van der Waals surface area contributed by atoms with Crippen molar-refractivity contribution in [3.63, 3.8) is 0 Å². The maximum atomic E-state index is 13.0. The van der Waals surface area contributed by atoms with Crippen molar-refractivity contribution < 1.29 is 8.42 Å². The second-order valence-corrected chi connectivity index (χ2v) is 7.63. The monoisotopic (exact) mass is 391 g/mol. The zero-order valence-electron chi connectivity index (χ0n) is 13.5. The first kappa shape index (κ1) is 21.1. The fourth-order valence-corrected chi connectivity index (χ4v) is 4.61. The number of fused-ring (bicyclic) bond motifs is 1. The lowest BCUT2D eigenvalue weighted by molar-refractivity contribution is 0.297. The molecule has 5 nitrogen and oxygen atoms in total. The quantitative estimate of drug-likeness (QED) is 0.854. The second-order valence-electron chi connectivity index (χ2n) is 5.74. The molecule has 0 unspecified atom stereocenters. The first-order valence-corrected chi connectivity index (χ1v) is 9.09. The highest BCUT2D eigenvalue weighted by molar-refractivity contribution is 7.89. The zero-order chi connectivity index (χ0) is 15.6. The van der Waals surface area contributed by atoms with Crippen LogP contribution in [-0.4, -0.2) is 43.4 Å². The number of pyridine rings is 1. The maximum Gasteiger partial charge on any atom is 0.243 e. The maximum absolute atomic E-state index is 13.0. The molecule has 0 spiro atoms. The van der Waals surface area contributed by atoms with E-state index in [1.54, 1.807) is 28.8 Å². The van der Waals surface area contributed by atoms with Crippen LogP contribution in [0.2, 0.25) is 0 Å². The van der Waals surface area contributed by atoms with E-state index in [1.165, 1.54) is 0 Å². The predicted octanol–water partition coefficient (Wildman–Crippen LogP) is 2.84. The molecule has 1 fully saturated rings. The SMILES string of the molecule is C[C@@H]1CCNCCCN1S(=O)(=O)c1ccc2cnccc2c1.Cl.Cl. The Balaban J connectivity index is 0.00000144. The van der Waals surface area contributed by atoms with E-state index in [9.17, 15) is 8.42 Å². The summed E-state index contributed by atoms with van der Waals surface area (Å²) in [6.45, 7) is 4.26. The fourth-order valence-electron chi connectivity index (χ4n) is 2.87. The van der Waals surface area contributed by atoms with Crippen LogP contribution in [0, 0.1) is 0 Å². The third kappa shape index (κ3) is 4.37. The Hall–Kier alpha value is -0.920. The van der Waals surface area contributed by atoms with Gasteiger partial charge in [0, 0.05) is 30.4 Å². The van der Waals surface area contributed by atoms with Crippen LogP contribution in [0.4, 0.5) is 0 Å². The van der Waals surface area contributed by atoms with Gasteiger partial charge in [-0.25, -0.2) is 8.42 Å².